The third-order valence-electron chi connectivity index (χ3n) is 4.57. The van der Waals surface area contributed by atoms with Crippen molar-refractivity contribution >= 4 is 26.2 Å². The van der Waals surface area contributed by atoms with Crippen LogP contribution in [0, 0.1) is 5.92 Å². The first kappa shape index (κ1) is 20.0. The van der Waals surface area contributed by atoms with Crippen molar-refractivity contribution in [2.75, 3.05) is 23.0 Å². The van der Waals surface area contributed by atoms with Crippen LogP contribution in [0.3, 0.4) is 0 Å². The van der Waals surface area contributed by atoms with Crippen LogP contribution in [-0.4, -0.2) is 40.8 Å². The van der Waals surface area contributed by atoms with Gasteiger partial charge in [-0.25, -0.2) is 0 Å². The monoisotopic (exact) mass is 353 g/mol. The van der Waals surface area contributed by atoms with Gasteiger partial charge in [0.05, 0.1) is 5.75 Å². The summed E-state index contributed by atoms with van der Waals surface area (Å²) in [5.41, 5.74) is 0. The number of hydrogen-bond donors (Lipinski definition) is 0. The summed E-state index contributed by atoms with van der Waals surface area (Å²) in [4.78, 5) is 12.6. The third kappa shape index (κ3) is 6.20. The largest absolute Gasteiger partial charge is 0.390 e. The molecule has 1 rings (SSSR count). The van der Waals surface area contributed by atoms with Crippen LogP contribution in [0.25, 0.3) is 0 Å². The topological polar surface area (TPSA) is 64.0 Å². The SMILES string of the molecule is CCCCS(=O)(=O)[OH+]S(CC)(CC)CC(=O)C1CCCCC1. The van der Waals surface area contributed by atoms with E-state index in [4.69, 9.17) is 0 Å². The van der Waals surface area contributed by atoms with Gasteiger partial charge in [0.25, 0.3) is 0 Å². The molecule has 6 heteroatoms. The second-order valence-electron chi connectivity index (χ2n) is 6.24. The molecule has 132 valence electrons. The Labute approximate surface area is 138 Å². The van der Waals surface area contributed by atoms with E-state index in [0.717, 1.165) is 32.1 Å². The molecule has 22 heavy (non-hydrogen) atoms. The fourth-order valence-corrected chi connectivity index (χ4v) is 8.47. The second kappa shape index (κ2) is 9.28. The van der Waals surface area contributed by atoms with E-state index >= 15 is 0 Å². The minimum atomic E-state index is -3.39. The molecule has 1 aliphatic rings. The van der Waals surface area contributed by atoms with Gasteiger partial charge in [0.2, 0.25) is 0 Å². The Hall–Kier alpha value is -0.0700. The zero-order valence-electron chi connectivity index (χ0n) is 14.3. The highest BCUT2D eigenvalue weighted by Crippen LogP contribution is 2.48. The molecular formula is C16H33O4S2+. The second-order valence-corrected chi connectivity index (χ2v) is 11.8. The molecule has 0 saturated heterocycles. The van der Waals surface area contributed by atoms with Crippen molar-refractivity contribution in [2.45, 2.75) is 65.7 Å². The van der Waals surface area contributed by atoms with Crippen molar-refractivity contribution in [1.29, 1.82) is 0 Å². The summed E-state index contributed by atoms with van der Waals surface area (Å²) in [7, 11) is -5.11. The van der Waals surface area contributed by atoms with Crippen LogP contribution in [0.15, 0.2) is 0 Å². The summed E-state index contributed by atoms with van der Waals surface area (Å²) in [6.45, 7) is 5.93. The molecule has 1 fully saturated rings. The van der Waals surface area contributed by atoms with Crippen molar-refractivity contribution < 1.29 is 16.8 Å². The Bertz CT molecular complexity index is 435. The van der Waals surface area contributed by atoms with E-state index in [1.807, 2.05) is 20.8 Å². The fraction of sp³-hybridized carbons (Fsp3) is 0.938. The minimum absolute atomic E-state index is 0.121. The van der Waals surface area contributed by atoms with Gasteiger partial charge in [-0.15, -0.1) is 0 Å². The summed E-state index contributed by atoms with van der Waals surface area (Å²) in [6, 6.07) is 0. The van der Waals surface area contributed by atoms with Crippen LogP contribution in [0.4, 0.5) is 0 Å². The maximum atomic E-state index is 12.6. The van der Waals surface area contributed by atoms with E-state index in [1.54, 1.807) is 0 Å². The van der Waals surface area contributed by atoms with Gasteiger partial charge >= 0.3 is 10.1 Å². The van der Waals surface area contributed by atoms with Gasteiger partial charge in [0, 0.05) is 17.4 Å². The van der Waals surface area contributed by atoms with Gasteiger partial charge in [-0.3, -0.25) is 8.42 Å². The molecule has 0 unspecified atom stereocenters. The number of carbonyl (C=O) groups excluding carboxylic acids is 1. The molecule has 0 spiro atoms. The Balaban J connectivity index is 2.75. The molecule has 0 radical (unpaired) electrons. The number of carbonyl (C=O) groups is 1. The average molecular weight is 354 g/mol. The molecule has 1 N–H and O–H groups in total. The van der Waals surface area contributed by atoms with E-state index in [0.29, 0.717) is 23.7 Å². The summed E-state index contributed by atoms with van der Waals surface area (Å²) in [5.74, 6) is 2.27. The molecule has 0 aromatic rings. The quantitative estimate of drug-likeness (QED) is 0.438. The first-order valence-corrected chi connectivity index (χ1v) is 12.3. The lowest BCUT2D eigenvalue weighted by molar-refractivity contribution is -0.121. The molecule has 0 atom stereocenters. The van der Waals surface area contributed by atoms with Gasteiger partial charge in [0.15, 0.2) is 5.78 Å². The summed E-state index contributed by atoms with van der Waals surface area (Å²) < 4.78 is 28.7. The first-order chi connectivity index (χ1) is 10.4. The van der Waals surface area contributed by atoms with E-state index in [-0.39, 0.29) is 17.5 Å². The number of Topliss-reactive ketones (excluding diaryl/α,β-unsaturated/α-hetero) is 1. The third-order valence-corrected chi connectivity index (χ3v) is 10.5. The van der Waals surface area contributed by atoms with Gasteiger partial charge in [-0.1, -0.05) is 46.5 Å². The van der Waals surface area contributed by atoms with E-state index in [9.17, 15) is 13.2 Å². The number of hydrogen-bond acceptors (Lipinski definition) is 3. The van der Waals surface area contributed by atoms with Crippen LogP contribution in [0.2, 0.25) is 0 Å². The standard InChI is InChI=1S/C16H32O4S2/c1-4-7-13-22(18,19)20-21(5-2,6-3)14-16(17)15-11-9-8-10-12-15/h15H,4-14H2,1-3H3/p+1. The molecule has 0 bridgehead atoms. The van der Waals surface area contributed by atoms with Gasteiger partial charge in [-0.05, 0) is 29.6 Å². The molecule has 1 aliphatic carbocycles. The van der Waals surface area contributed by atoms with Crippen molar-refractivity contribution in [2.24, 2.45) is 5.92 Å². The smallest absolute Gasteiger partial charge is 0.298 e. The molecule has 0 aliphatic heterocycles. The highest BCUT2D eigenvalue weighted by Gasteiger charge is 2.37. The lowest BCUT2D eigenvalue weighted by Gasteiger charge is -2.33. The number of rotatable bonds is 10. The van der Waals surface area contributed by atoms with Crippen molar-refractivity contribution in [3.63, 3.8) is 0 Å². The highest BCUT2D eigenvalue weighted by molar-refractivity contribution is 8.32. The molecule has 0 heterocycles. The predicted octanol–water partition coefficient (Wildman–Crippen LogP) is 4.12. The zero-order valence-corrected chi connectivity index (χ0v) is 16.0. The van der Waals surface area contributed by atoms with Crippen LogP contribution >= 0.6 is 10.3 Å². The maximum absolute atomic E-state index is 12.6. The predicted molar refractivity (Wildman–Crippen MR) is 96.4 cm³/mol. The number of ketones is 1. The first-order valence-electron chi connectivity index (χ1n) is 8.64. The van der Waals surface area contributed by atoms with Crippen molar-refractivity contribution in [1.82, 2.24) is 0 Å². The molecule has 1 saturated carbocycles. The Morgan fingerprint density at radius 3 is 2.14 bits per heavy atom. The zero-order chi connectivity index (χ0) is 16.6. The summed E-state index contributed by atoms with van der Waals surface area (Å²) in [5, 5.41) is 0. The lowest BCUT2D eigenvalue weighted by atomic mass is 9.87. The molecule has 0 amide bonds. The van der Waals surface area contributed by atoms with Crippen LogP contribution < -0.4 is 0 Å². The van der Waals surface area contributed by atoms with E-state index < -0.39 is 20.4 Å². The Morgan fingerprint density at radius 1 is 1.05 bits per heavy atom. The van der Waals surface area contributed by atoms with E-state index in [1.165, 1.54) is 6.42 Å². The normalized spacial score (nSPS) is 18.3. The van der Waals surface area contributed by atoms with Gasteiger partial charge in [0.1, 0.15) is 5.75 Å². The van der Waals surface area contributed by atoms with Gasteiger partial charge in [-0.2, -0.15) is 8.42 Å². The maximum Gasteiger partial charge on any atom is 0.390 e. The van der Waals surface area contributed by atoms with E-state index in [2.05, 4.69) is 3.63 Å². The fourth-order valence-electron chi connectivity index (χ4n) is 2.95. The van der Waals surface area contributed by atoms with Crippen LogP contribution in [0.1, 0.15) is 65.7 Å². The van der Waals surface area contributed by atoms with Gasteiger partial charge < -0.3 is 0 Å². The molecule has 0 aromatic heterocycles. The van der Waals surface area contributed by atoms with Crippen molar-refractivity contribution in [3.8, 4) is 0 Å². The molecule has 4 nitrogen and oxygen atoms in total. The number of unbranched alkanes of at least 4 members (excludes halogenated alkanes) is 1. The Morgan fingerprint density at radius 2 is 1.64 bits per heavy atom. The Kier molecular flexibility index (Phi) is 8.43. The molecular weight excluding hydrogens is 320 g/mol. The lowest BCUT2D eigenvalue weighted by Crippen LogP contribution is -2.31. The average Bonchev–Trinajstić information content (AvgIpc) is 2.52. The van der Waals surface area contributed by atoms with Crippen LogP contribution in [0.5, 0.6) is 0 Å². The van der Waals surface area contributed by atoms with Crippen LogP contribution in [-0.2, 0) is 14.9 Å². The summed E-state index contributed by atoms with van der Waals surface area (Å²) >= 11 is 0. The minimum Gasteiger partial charge on any atom is -0.298 e. The molecule has 0 aromatic carbocycles. The van der Waals surface area contributed by atoms with Crippen molar-refractivity contribution in [3.05, 3.63) is 0 Å². The highest BCUT2D eigenvalue weighted by atomic mass is 32.3. The summed E-state index contributed by atoms with van der Waals surface area (Å²) in [6.07, 6.45) is 6.92.